The summed E-state index contributed by atoms with van der Waals surface area (Å²) < 4.78 is 11.0. The van der Waals surface area contributed by atoms with Crippen LogP contribution in [0, 0.1) is 11.8 Å². The fourth-order valence-corrected chi connectivity index (χ4v) is 7.19. The zero-order valence-corrected chi connectivity index (χ0v) is 25.6. The Morgan fingerprint density at radius 2 is 1.33 bits per heavy atom. The molecule has 7 nitrogen and oxygen atoms in total. The van der Waals surface area contributed by atoms with Gasteiger partial charge in [-0.3, -0.25) is 19.4 Å². The van der Waals surface area contributed by atoms with Crippen molar-refractivity contribution in [2.24, 2.45) is 11.8 Å². The van der Waals surface area contributed by atoms with Gasteiger partial charge in [0.1, 0.15) is 11.5 Å². The summed E-state index contributed by atoms with van der Waals surface area (Å²) in [4.78, 5) is 35.2. The van der Waals surface area contributed by atoms with E-state index in [1.807, 2.05) is 24.3 Å². The van der Waals surface area contributed by atoms with E-state index in [0.29, 0.717) is 13.0 Å². The Balaban J connectivity index is 1.38. The van der Waals surface area contributed by atoms with Gasteiger partial charge in [0.25, 0.3) is 0 Å². The first-order valence-corrected chi connectivity index (χ1v) is 16.2. The smallest absolute Gasteiger partial charge is 0.232 e. The number of rotatable bonds is 10. The third-order valence-corrected chi connectivity index (χ3v) is 9.65. The quantitative estimate of drug-likeness (QED) is 0.326. The maximum atomic E-state index is 14.3. The molecule has 2 aromatic rings. The summed E-state index contributed by atoms with van der Waals surface area (Å²) in [6.45, 7) is 4.20. The molecule has 3 fully saturated rings. The first-order chi connectivity index (χ1) is 20.6. The molecule has 1 unspecified atom stereocenters. The summed E-state index contributed by atoms with van der Waals surface area (Å²) in [5.74, 6) is 1.80. The maximum Gasteiger partial charge on any atom is 0.232 e. The highest BCUT2D eigenvalue weighted by Gasteiger charge is 2.39. The summed E-state index contributed by atoms with van der Waals surface area (Å²) in [5, 5.41) is 0. The van der Waals surface area contributed by atoms with Crippen LogP contribution in [0.2, 0.25) is 0 Å². The molecule has 0 bridgehead atoms. The molecule has 228 valence electrons. The van der Waals surface area contributed by atoms with Crippen LogP contribution in [0.4, 0.5) is 5.69 Å². The minimum Gasteiger partial charge on any atom is -0.497 e. The Hall–Kier alpha value is -3.06. The Morgan fingerprint density at radius 3 is 1.88 bits per heavy atom. The fourth-order valence-electron chi connectivity index (χ4n) is 7.19. The molecule has 5 rings (SSSR count). The largest absolute Gasteiger partial charge is 0.497 e. The van der Waals surface area contributed by atoms with E-state index in [0.717, 1.165) is 100 Å². The number of imide groups is 1. The van der Waals surface area contributed by atoms with Crippen molar-refractivity contribution in [1.29, 1.82) is 0 Å². The Morgan fingerprint density at radius 1 is 0.762 bits per heavy atom. The van der Waals surface area contributed by atoms with Crippen LogP contribution in [0.5, 0.6) is 11.5 Å². The summed E-state index contributed by atoms with van der Waals surface area (Å²) >= 11 is 0. The van der Waals surface area contributed by atoms with Gasteiger partial charge in [-0.1, -0.05) is 62.8 Å². The lowest BCUT2D eigenvalue weighted by atomic mass is 9.85. The predicted molar refractivity (Wildman–Crippen MR) is 167 cm³/mol. The van der Waals surface area contributed by atoms with Crippen molar-refractivity contribution in [3.8, 4) is 11.5 Å². The number of nitrogens with zero attached hydrogens (tertiary/aromatic N) is 3. The number of hydrogen-bond acceptors (Lipinski definition) is 6. The lowest BCUT2D eigenvalue weighted by Gasteiger charge is -2.42. The fraction of sp³-hybridized carbons (Fsp3) is 0.600. The lowest BCUT2D eigenvalue weighted by Crippen LogP contribution is -2.57. The second-order valence-corrected chi connectivity index (χ2v) is 12.4. The molecule has 0 spiro atoms. The van der Waals surface area contributed by atoms with Crippen LogP contribution in [-0.2, 0) is 16.0 Å². The van der Waals surface area contributed by atoms with Crippen LogP contribution in [0.15, 0.2) is 48.5 Å². The molecule has 7 heteroatoms. The SMILES string of the molecule is COc1ccc(CC(CN2CCN(c3ccccc3OC)CC2)N(C(=O)C2CCCCC2)C(=O)C2CCCCC2)cc1. The van der Waals surface area contributed by atoms with Crippen LogP contribution >= 0.6 is 0 Å². The average molecular weight is 576 g/mol. The van der Waals surface area contributed by atoms with E-state index in [1.165, 1.54) is 12.8 Å². The highest BCUT2D eigenvalue weighted by atomic mass is 16.5. The third kappa shape index (κ3) is 7.47. The Labute approximate surface area is 252 Å². The van der Waals surface area contributed by atoms with Gasteiger partial charge in [0.05, 0.1) is 25.9 Å². The summed E-state index contributed by atoms with van der Waals surface area (Å²) in [6.07, 6.45) is 11.0. The molecule has 2 saturated carbocycles. The number of piperazine rings is 1. The van der Waals surface area contributed by atoms with Crippen molar-refractivity contribution in [3.63, 3.8) is 0 Å². The number of hydrogen-bond donors (Lipinski definition) is 0. The van der Waals surface area contributed by atoms with Crippen molar-refractivity contribution in [2.45, 2.75) is 76.7 Å². The van der Waals surface area contributed by atoms with Crippen molar-refractivity contribution >= 4 is 17.5 Å². The van der Waals surface area contributed by atoms with Crippen LogP contribution in [0.3, 0.4) is 0 Å². The Kier molecular flexibility index (Phi) is 10.8. The molecule has 3 aliphatic rings. The van der Waals surface area contributed by atoms with Crippen LogP contribution in [0.25, 0.3) is 0 Å². The minimum atomic E-state index is -0.194. The molecule has 2 amide bonds. The molecular weight excluding hydrogens is 526 g/mol. The number of anilines is 1. The van der Waals surface area contributed by atoms with E-state index in [2.05, 4.69) is 34.1 Å². The molecule has 42 heavy (non-hydrogen) atoms. The first-order valence-electron chi connectivity index (χ1n) is 16.2. The van der Waals surface area contributed by atoms with Crippen molar-refractivity contribution in [2.75, 3.05) is 51.8 Å². The van der Waals surface area contributed by atoms with Gasteiger partial charge < -0.3 is 14.4 Å². The second kappa shape index (κ2) is 14.9. The molecule has 2 aromatic carbocycles. The number of ether oxygens (including phenoxy) is 2. The molecule has 1 aliphatic heterocycles. The molecule has 1 atom stereocenters. The topological polar surface area (TPSA) is 62.3 Å². The molecule has 2 aliphatic carbocycles. The molecule has 0 radical (unpaired) electrons. The van der Waals surface area contributed by atoms with E-state index in [-0.39, 0.29) is 29.7 Å². The van der Waals surface area contributed by atoms with E-state index in [4.69, 9.17) is 9.47 Å². The summed E-state index contributed by atoms with van der Waals surface area (Å²) in [6, 6.07) is 16.1. The molecule has 1 heterocycles. The van der Waals surface area contributed by atoms with Gasteiger partial charge in [-0.15, -0.1) is 0 Å². The zero-order valence-electron chi connectivity index (χ0n) is 25.6. The normalized spacial score (nSPS) is 19.7. The van der Waals surface area contributed by atoms with Crippen molar-refractivity contribution in [1.82, 2.24) is 9.80 Å². The number of methoxy groups -OCH3 is 2. The molecule has 0 N–H and O–H groups in total. The van der Waals surface area contributed by atoms with Gasteiger partial charge in [-0.2, -0.15) is 0 Å². The van der Waals surface area contributed by atoms with E-state index in [9.17, 15) is 9.59 Å². The highest BCUT2D eigenvalue weighted by Crippen LogP contribution is 2.32. The molecule has 1 saturated heterocycles. The van der Waals surface area contributed by atoms with Crippen molar-refractivity contribution < 1.29 is 19.1 Å². The lowest BCUT2D eigenvalue weighted by molar-refractivity contribution is -0.154. The van der Waals surface area contributed by atoms with Gasteiger partial charge >= 0.3 is 0 Å². The maximum absolute atomic E-state index is 14.3. The third-order valence-electron chi connectivity index (χ3n) is 9.65. The molecule has 0 aromatic heterocycles. The van der Waals surface area contributed by atoms with Gasteiger partial charge in [-0.25, -0.2) is 0 Å². The van der Waals surface area contributed by atoms with Gasteiger partial charge in [0.15, 0.2) is 0 Å². The molecular formula is C35H49N3O4. The first kappa shape index (κ1) is 30.4. The van der Waals surface area contributed by atoms with Crippen LogP contribution in [0.1, 0.15) is 69.8 Å². The average Bonchev–Trinajstić information content (AvgIpc) is 3.06. The minimum absolute atomic E-state index is 0.0351. The zero-order chi connectivity index (χ0) is 29.3. The summed E-state index contributed by atoms with van der Waals surface area (Å²) in [5.41, 5.74) is 2.25. The van der Waals surface area contributed by atoms with E-state index >= 15 is 0 Å². The van der Waals surface area contributed by atoms with E-state index in [1.54, 1.807) is 19.1 Å². The van der Waals surface area contributed by atoms with Gasteiger partial charge in [0, 0.05) is 44.6 Å². The summed E-state index contributed by atoms with van der Waals surface area (Å²) in [7, 11) is 3.40. The number of para-hydroxylation sites is 2. The number of amides is 2. The van der Waals surface area contributed by atoms with Gasteiger partial charge in [-0.05, 0) is 61.9 Å². The second-order valence-electron chi connectivity index (χ2n) is 12.4. The number of carbonyl (C=O) groups is 2. The predicted octanol–water partition coefficient (Wildman–Crippen LogP) is 5.95. The van der Waals surface area contributed by atoms with Crippen LogP contribution < -0.4 is 14.4 Å². The van der Waals surface area contributed by atoms with Crippen LogP contribution in [-0.4, -0.2) is 74.6 Å². The van der Waals surface area contributed by atoms with Gasteiger partial charge in [0.2, 0.25) is 11.8 Å². The Bertz CT molecular complexity index is 1120. The standard InChI is InChI=1S/C35H49N3O4/c1-41-31-19-17-27(18-20-31)25-30(26-36-21-23-37(24-22-36)32-15-9-10-16-33(32)42-2)38(34(39)28-11-5-3-6-12-28)35(40)29-13-7-4-8-14-29/h9-10,15-20,28-30H,3-8,11-14,21-26H2,1-2H3. The van der Waals surface area contributed by atoms with Crippen molar-refractivity contribution in [3.05, 3.63) is 54.1 Å². The highest BCUT2D eigenvalue weighted by molar-refractivity contribution is 5.98. The number of carbonyl (C=O) groups excluding carboxylic acids is 2. The monoisotopic (exact) mass is 575 g/mol. The van der Waals surface area contributed by atoms with E-state index < -0.39 is 0 Å². The number of benzene rings is 2.